The number of hydrogen-bond donors (Lipinski definition) is 1. The number of aryl methyl sites for hydroxylation is 1. The molecule has 0 aromatic heterocycles. The Balaban J connectivity index is 1.51. The first-order valence-electron chi connectivity index (χ1n) is 13.5. The van der Waals surface area contributed by atoms with Crippen molar-refractivity contribution < 1.29 is 37.3 Å². The van der Waals surface area contributed by atoms with Crippen LogP contribution >= 0.6 is 0 Å². The predicted octanol–water partition coefficient (Wildman–Crippen LogP) is 6.06. The van der Waals surface area contributed by atoms with Crippen LogP contribution in [0.1, 0.15) is 34.7 Å². The van der Waals surface area contributed by atoms with Crippen LogP contribution in [-0.4, -0.2) is 61.5 Å². The number of halogens is 3. The van der Waals surface area contributed by atoms with Crippen LogP contribution in [0.3, 0.4) is 0 Å². The topological polar surface area (TPSA) is 68.2 Å². The fourth-order valence-corrected chi connectivity index (χ4v) is 4.29. The molecule has 3 aromatic rings. The summed E-state index contributed by atoms with van der Waals surface area (Å²) >= 11 is 0. The number of nitrogens with zero attached hydrogens (tertiary/aromatic N) is 1. The van der Waals surface area contributed by atoms with Gasteiger partial charge in [0.2, 0.25) is 0 Å². The summed E-state index contributed by atoms with van der Waals surface area (Å²) in [7, 11) is 0. The number of carboxylic acid groups (broad SMARTS) is 1. The summed E-state index contributed by atoms with van der Waals surface area (Å²) in [5.41, 5.74) is 2.95. The summed E-state index contributed by atoms with van der Waals surface area (Å²) in [5, 5.41) is 9.08. The predicted molar refractivity (Wildman–Crippen MR) is 154 cm³/mol. The maximum atomic E-state index is 13.2. The van der Waals surface area contributed by atoms with Gasteiger partial charge in [0.05, 0.1) is 25.3 Å². The van der Waals surface area contributed by atoms with Crippen LogP contribution in [0.15, 0.2) is 72.8 Å². The zero-order chi connectivity index (χ0) is 30.1. The highest BCUT2D eigenvalue weighted by molar-refractivity contribution is 5.80. The van der Waals surface area contributed by atoms with E-state index in [1.807, 2.05) is 30.3 Å². The summed E-state index contributed by atoms with van der Waals surface area (Å²) in [6.07, 6.45) is -3.61. The fraction of sp³-hybridized carbons (Fsp3) is 0.303. The Morgan fingerprint density at radius 1 is 1.05 bits per heavy atom. The van der Waals surface area contributed by atoms with Gasteiger partial charge in [-0.15, -0.1) is 0 Å². The number of benzene rings is 3. The molecule has 1 atom stereocenters. The number of alkyl halides is 3. The van der Waals surface area contributed by atoms with Gasteiger partial charge in [-0.25, -0.2) is 4.79 Å². The molecule has 1 unspecified atom stereocenters. The van der Waals surface area contributed by atoms with E-state index in [1.54, 1.807) is 25.1 Å². The van der Waals surface area contributed by atoms with Gasteiger partial charge in [0.15, 0.2) is 6.10 Å². The van der Waals surface area contributed by atoms with Gasteiger partial charge >= 0.3 is 12.1 Å². The van der Waals surface area contributed by atoms with Crippen LogP contribution in [0.5, 0.6) is 11.5 Å². The first-order valence-corrected chi connectivity index (χ1v) is 13.5. The normalized spacial score (nSPS) is 14.9. The molecule has 42 heavy (non-hydrogen) atoms. The molecular weight excluding hydrogens is 547 g/mol. The van der Waals surface area contributed by atoms with Crippen molar-refractivity contribution in [2.75, 3.05) is 39.5 Å². The molecule has 1 N–H and O–H groups in total. The first-order chi connectivity index (χ1) is 20.1. The van der Waals surface area contributed by atoms with Crippen LogP contribution in [0, 0.1) is 18.8 Å². The molecule has 0 bridgehead atoms. The minimum Gasteiger partial charge on any atom is -0.489 e. The minimum absolute atomic E-state index is 0.142. The largest absolute Gasteiger partial charge is 0.489 e. The summed E-state index contributed by atoms with van der Waals surface area (Å²) in [6.45, 7) is 7.18. The van der Waals surface area contributed by atoms with E-state index in [9.17, 15) is 18.0 Å². The molecule has 1 aliphatic heterocycles. The maximum Gasteiger partial charge on any atom is 0.416 e. The molecule has 0 aliphatic carbocycles. The van der Waals surface area contributed by atoms with E-state index in [0.717, 1.165) is 36.3 Å². The van der Waals surface area contributed by atoms with Crippen molar-refractivity contribution in [3.63, 3.8) is 0 Å². The first kappa shape index (κ1) is 30.7. The van der Waals surface area contributed by atoms with Crippen LogP contribution in [0.25, 0.3) is 5.57 Å². The van der Waals surface area contributed by atoms with Gasteiger partial charge in [-0.05, 0) is 84.7 Å². The monoisotopic (exact) mass is 579 g/mol. The lowest BCUT2D eigenvalue weighted by atomic mass is 9.96. The number of rotatable bonds is 9. The SMILES string of the molecule is Cc1cc(OC/C=C(\c2ccc(C#CCN3CCOCC3)cc2)c2ccc(C(F)(F)F)cc2)ccc1OC(C)C(=O)O. The van der Waals surface area contributed by atoms with Crippen molar-refractivity contribution >= 4 is 11.5 Å². The highest BCUT2D eigenvalue weighted by atomic mass is 19.4. The molecule has 6 nitrogen and oxygen atoms in total. The zero-order valence-corrected chi connectivity index (χ0v) is 23.4. The van der Waals surface area contributed by atoms with Crippen molar-refractivity contribution in [2.45, 2.75) is 26.1 Å². The average molecular weight is 580 g/mol. The Kier molecular flexibility index (Phi) is 10.3. The summed E-state index contributed by atoms with van der Waals surface area (Å²) in [5.74, 6) is 6.27. The molecule has 0 radical (unpaired) electrons. The lowest BCUT2D eigenvalue weighted by Gasteiger charge is -2.24. The van der Waals surface area contributed by atoms with Gasteiger partial charge in [0.1, 0.15) is 18.1 Å². The second kappa shape index (κ2) is 14.1. The Bertz CT molecular complexity index is 1450. The number of carbonyl (C=O) groups is 1. The molecule has 0 amide bonds. The number of aliphatic carboxylic acids is 1. The van der Waals surface area contributed by atoms with Gasteiger partial charge in [-0.2, -0.15) is 13.2 Å². The summed E-state index contributed by atoms with van der Waals surface area (Å²) in [4.78, 5) is 13.3. The molecule has 3 aromatic carbocycles. The molecule has 4 rings (SSSR count). The Hall–Kier alpha value is -4.26. The second-order valence-corrected chi connectivity index (χ2v) is 9.80. The third kappa shape index (κ3) is 8.62. The molecule has 9 heteroatoms. The molecule has 1 aliphatic rings. The number of carboxylic acids is 1. The molecule has 0 spiro atoms. The third-order valence-electron chi connectivity index (χ3n) is 6.69. The highest BCUT2D eigenvalue weighted by Crippen LogP contribution is 2.32. The molecular formula is C33H32F3NO5. The fourth-order valence-electron chi connectivity index (χ4n) is 4.29. The van der Waals surface area contributed by atoms with E-state index in [0.29, 0.717) is 48.0 Å². The smallest absolute Gasteiger partial charge is 0.416 e. The minimum atomic E-state index is -4.43. The van der Waals surface area contributed by atoms with E-state index in [4.69, 9.17) is 19.3 Å². The molecule has 220 valence electrons. The van der Waals surface area contributed by atoms with Gasteiger partial charge in [-0.3, -0.25) is 4.90 Å². The average Bonchev–Trinajstić information content (AvgIpc) is 2.97. The Labute approximate surface area is 243 Å². The lowest BCUT2D eigenvalue weighted by molar-refractivity contribution is -0.144. The van der Waals surface area contributed by atoms with Crippen molar-refractivity contribution in [2.24, 2.45) is 0 Å². The van der Waals surface area contributed by atoms with Crippen LogP contribution < -0.4 is 9.47 Å². The van der Waals surface area contributed by atoms with Crippen molar-refractivity contribution in [3.05, 3.63) is 101 Å². The van der Waals surface area contributed by atoms with Crippen LogP contribution in [-0.2, 0) is 15.7 Å². The third-order valence-corrected chi connectivity index (χ3v) is 6.69. The summed E-state index contributed by atoms with van der Waals surface area (Å²) < 4.78 is 56.3. The van der Waals surface area contributed by atoms with E-state index in [2.05, 4.69) is 16.7 Å². The highest BCUT2D eigenvalue weighted by Gasteiger charge is 2.30. The van der Waals surface area contributed by atoms with Gasteiger partial charge < -0.3 is 19.3 Å². The van der Waals surface area contributed by atoms with E-state index in [-0.39, 0.29) is 6.61 Å². The lowest BCUT2D eigenvalue weighted by Crippen LogP contribution is -2.36. The van der Waals surface area contributed by atoms with Gasteiger partial charge in [0, 0.05) is 18.7 Å². The van der Waals surface area contributed by atoms with Crippen molar-refractivity contribution in [1.82, 2.24) is 4.90 Å². The molecule has 1 fully saturated rings. The molecule has 1 heterocycles. The van der Waals surface area contributed by atoms with Gasteiger partial charge in [-0.1, -0.05) is 36.1 Å². The Morgan fingerprint density at radius 3 is 2.29 bits per heavy atom. The number of hydrogen-bond acceptors (Lipinski definition) is 5. The maximum absolute atomic E-state index is 13.2. The number of morpholine rings is 1. The van der Waals surface area contributed by atoms with Crippen molar-refractivity contribution in [1.29, 1.82) is 0 Å². The number of ether oxygens (including phenoxy) is 3. The van der Waals surface area contributed by atoms with E-state index < -0.39 is 23.8 Å². The summed E-state index contributed by atoms with van der Waals surface area (Å²) in [6, 6.07) is 17.6. The second-order valence-electron chi connectivity index (χ2n) is 9.80. The van der Waals surface area contributed by atoms with Gasteiger partial charge in [0.25, 0.3) is 0 Å². The molecule has 1 saturated heterocycles. The quantitative estimate of drug-likeness (QED) is 0.311. The standard InChI is InChI=1S/C33H32F3NO5/c1-23-22-29(13-14-31(23)42-24(2)32(38)39)41-19-15-30(27-9-11-28(12-10-27)33(34,35)36)26-7-5-25(6-8-26)4-3-16-37-17-20-40-21-18-37/h5-15,22,24H,16-21H2,1-2H3,(H,38,39)/b30-15+. The van der Waals surface area contributed by atoms with Crippen LogP contribution in [0.4, 0.5) is 13.2 Å². The van der Waals surface area contributed by atoms with Crippen molar-refractivity contribution in [3.8, 4) is 23.3 Å². The zero-order valence-electron chi connectivity index (χ0n) is 23.4. The molecule has 0 saturated carbocycles. The Morgan fingerprint density at radius 2 is 1.69 bits per heavy atom. The van der Waals surface area contributed by atoms with E-state index >= 15 is 0 Å². The van der Waals surface area contributed by atoms with Crippen LogP contribution in [0.2, 0.25) is 0 Å². The van der Waals surface area contributed by atoms with E-state index in [1.165, 1.54) is 19.1 Å².